The molecule has 2 aliphatic carbocycles. The van der Waals surface area contributed by atoms with Crippen LogP contribution in [0.15, 0.2) is 0 Å². The summed E-state index contributed by atoms with van der Waals surface area (Å²) in [6.07, 6.45) is 3.95. The van der Waals surface area contributed by atoms with E-state index in [2.05, 4.69) is 19.6 Å². The van der Waals surface area contributed by atoms with Crippen molar-refractivity contribution >= 4 is 8.32 Å². The van der Waals surface area contributed by atoms with Crippen LogP contribution in [0.5, 0.6) is 0 Å². The van der Waals surface area contributed by atoms with Gasteiger partial charge >= 0.3 is 0 Å². The van der Waals surface area contributed by atoms with Crippen LogP contribution < -0.4 is 0 Å². The van der Waals surface area contributed by atoms with Crippen LogP contribution >= 0.6 is 0 Å². The highest BCUT2D eigenvalue weighted by molar-refractivity contribution is 6.69. The molecule has 1 saturated heterocycles. The standard InChI is InChI=1S/C11H20O2Si/c1-14(2,3)13-11-6-8-4-9(7-12-11)10(11)5-8/h8-10H,4-7H2,1-3H3/t8-,9-,10-,11+/m1/s1. The molecule has 1 heterocycles. The van der Waals surface area contributed by atoms with Crippen molar-refractivity contribution in [3.05, 3.63) is 0 Å². The largest absolute Gasteiger partial charge is 0.391 e. The smallest absolute Gasteiger partial charge is 0.187 e. The molecule has 0 amide bonds. The first-order valence-electron chi connectivity index (χ1n) is 5.83. The molecule has 2 bridgehead atoms. The normalized spacial score (nSPS) is 50.4. The lowest BCUT2D eigenvalue weighted by Gasteiger charge is -2.37. The summed E-state index contributed by atoms with van der Waals surface area (Å²) >= 11 is 0. The molecule has 0 unspecified atom stereocenters. The molecule has 14 heavy (non-hydrogen) atoms. The van der Waals surface area contributed by atoms with Crippen molar-refractivity contribution in [1.29, 1.82) is 0 Å². The Kier molecular flexibility index (Phi) is 1.76. The molecule has 3 fully saturated rings. The maximum Gasteiger partial charge on any atom is 0.187 e. The summed E-state index contributed by atoms with van der Waals surface area (Å²) in [6, 6.07) is 0. The van der Waals surface area contributed by atoms with E-state index in [9.17, 15) is 0 Å². The minimum absolute atomic E-state index is 0.127. The molecule has 0 N–H and O–H groups in total. The Morgan fingerprint density at radius 1 is 1.29 bits per heavy atom. The molecule has 4 atom stereocenters. The third kappa shape index (κ3) is 1.22. The van der Waals surface area contributed by atoms with Gasteiger partial charge in [-0.05, 0) is 44.3 Å². The Balaban J connectivity index is 1.85. The molecule has 2 saturated carbocycles. The van der Waals surface area contributed by atoms with Crippen molar-refractivity contribution in [2.24, 2.45) is 17.8 Å². The fraction of sp³-hybridized carbons (Fsp3) is 1.00. The van der Waals surface area contributed by atoms with E-state index >= 15 is 0 Å². The molecule has 0 aromatic rings. The predicted molar refractivity (Wildman–Crippen MR) is 57.4 cm³/mol. The van der Waals surface area contributed by atoms with Crippen molar-refractivity contribution in [3.63, 3.8) is 0 Å². The summed E-state index contributed by atoms with van der Waals surface area (Å²) in [7, 11) is -1.45. The SMILES string of the molecule is C[Si](C)(C)O[C@]12C[C@@H]3C[C@H](CO1)[C@H]2C3. The molecule has 0 radical (unpaired) electrons. The van der Waals surface area contributed by atoms with Crippen LogP contribution in [0.3, 0.4) is 0 Å². The maximum absolute atomic E-state index is 6.33. The molecule has 80 valence electrons. The highest BCUT2D eigenvalue weighted by Crippen LogP contribution is 2.60. The molecule has 2 nitrogen and oxygen atoms in total. The van der Waals surface area contributed by atoms with Gasteiger partial charge < -0.3 is 9.16 Å². The van der Waals surface area contributed by atoms with E-state index in [1.54, 1.807) is 0 Å². The van der Waals surface area contributed by atoms with Gasteiger partial charge in [0.05, 0.1) is 6.61 Å². The highest BCUT2D eigenvalue weighted by atomic mass is 28.4. The highest BCUT2D eigenvalue weighted by Gasteiger charge is 2.62. The van der Waals surface area contributed by atoms with Crippen molar-refractivity contribution in [3.8, 4) is 0 Å². The lowest BCUT2D eigenvalue weighted by molar-refractivity contribution is -0.171. The Hall–Kier alpha value is 0.137. The van der Waals surface area contributed by atoms with Gasteiger partial charge in [0.2, 0.25) is 0 Å². The Bertz CT molecular complexity index is 261. The fourth-order valence-corrected chi connectivity index (χ4v) is 5.09. The zero-order valence-corrected chi connectivity index (χ0v) is 10.4. The average molecular weight is 212 g/mol. The summed E-state index contributed by atoms with van der Waals surface area (Å²) in [5.74, 6) is 2.34. The van der Waals surface area contributed by atoms with E-state index in [1.807, 2.05) is 0 Å². The number of hydrogen-bond acceptors (Lipinski definition) is 2. The van der Waals surface area contributed by atoms with E-state index in [0.29, 0.717) is 0 Å². The van der Waals surface area contributed by atoms with Crippen molar-refractivity contribution in [2.75, 3.05) is 6.61 Å². The van der Waals surface area contributed by atoms with Gasteiger partial charge in [-0.3, -0.25) is 0 Å². The van der Waals surface area contributed by atoms with Gasteiger partial charge in [0.15, 0.2) is 14.1 Å². The second-order valence-electron chi connectivity index (χ2n) is 6.25. The Morgan fingerprint density at radius 2 is 2.07 bits per heavy atom. The summed E-state index contributed by atoms with van der Waals surface area (Å²) < 4.78 is 12.3. The summed E-state index contributed by atoms with van der Waals surface area (Å²) in [4.78, 5) is 0. The van der Waals surface area contributed by atoms with Gasteiger partial charge in [-0.25, -0.2) is 0 Å². The Morgan fingerprint density at radius 3 is 2.71 bits per heavy atom. The molecular weight excluding hydrogens is 192 g/mol. The monoisotopic (exact) mass is 212 g/mol. The summed E-state index contributed by atoms with van der Waals surface area (Å²) in [5, 5.41) is 0. The van der Waals surface area contributed by atoms with Crippen LogP contribution in [0, 0.1) is 17.8 Å². The van der Waals surface area contributed by atoms with Gasteiger partial charge in [0, 0.05) is 12.3 Å². The molecule has 3 rings (SSSR count). The molecular formula is C11H20O2Si. The first-order chi connectivity index (χ1) is 6.49. The van der Waals surface area contributed by atoms with Crippen molar-refractivity contribution < 1.29 is 9.16 Å². The molecule has 1 aliphatic heterocycles. The van der Waals surface area contributed by atoms with Gasteiger partial charge in [-0.2, -0.15) is 0 Å². The Labute approximate surface area is 87.1 Å². The van der Waals surface area contributed by atoms with Gasteiger partial charge in [-0.1, -0.05) is 0 Å². The molecule has 3 heteroatoms. The average Bonchev–Trinajstić information content (AvgIpc) is 2.54. The molecule has 0 aromatic heterocycles. The van der Waals surface area contributed by atoms with E-state index in [4.69, 9.17) is 9.16 Å². The number of hydrogen-bond donors (Lipinski definition) is 0. The molecule has 3 aliphatic rings. The fourth-order valence-electron chi connectivity index (χ4n) is 3.76. The van der Waals surface area contributed by atoms with Crippen LogP contribution in [0.4, 0.5) is 0 Å². The summed E-state index contributed by atoms with van der Waals surface area (Å²) in [6.45, 7) is 7.77. The number of ether oxygens (including phenoxy) is 1. The van der Waals surface area contributed by atoms with E-state index in [-0.39, 0.29) is 5.79 Å². The minimum atomic E-state index is -1.45. The second-order valence-corrected chi connectivity index (χ2v) is 10.7. The quantitative estimate of drug-likeness (QED) is 0.655. The van der Waals surface area contributed by atoms with Crippen LogP contribution in [0.2, 0.25) is 19.6 Å². The first-order valence-corrected chi connectivity index (χ1v) is 9.23. The first kappa shape index (κ1) is 9.37. The third-order valence-corrected chi connectivity index (χ3v) is 4.91. The van der Waals surface area contributed by atoms with Crippen molar-refractivity contribution in [1.82, 2.24) is 0 Å². The van der Waals surface area contributed by atoms with E-state index in [1.165, 1.54) is 19.3 Å². The number of fused-ring (bicyclic) bond motifs is 1. The van der Waals surface area contributed by atoms with Crippen LogP contribution in [-0.2, 0) is 9.16 Å². The van der Waals surface area contributed by atoms with Gasteiger partial charge in [0.25, 0.3) is 0 Å². The molecule has 0 spiro atoms. The second kappa shape index (κ2) is 2.63. The molecule has 0 aromatic carbocycles. The van der Waals surface area contributed by atoms with E-state index < -0.39 is 8.32 Å². The van der Waals surface area contributed by atoms with Crippen molar-refractivity contribution in [2.45, 2.75) is 44.7 Å². The lowest BCUT2D eigenvalue weighted by atomic mass is 9.88. The number of rotatable bonds is 2. The van der Waals surface area contributed by atoms with Crippen LogP contribution in [-0.4, -0.2) is 20.7 Å². The van der Waals surface area contributed by atoms with Crippen LogP contribution in [0.25, 0.3) is 0 Å². The van der Waals surface area contributed by atoms with Gasteiger partial charge in [-0.15, -0.1) is 0 Å². The van der Waals surface area contributed by atoms with Crippen LogP contribution in [0.1, 0.15) is 19.3 Å². The van der Waals surface area contributed by atoms with Gasteiger partial charge in [0.1, 0.15) is 0 Å². The topological polar surface area (TPSA) is 18.5 Å². The summed E-state index contributed by atoms with van der Waals surface area (Å²) in [5.41, 5.74) is 0. The zero-order valence-electron chi connectivity index (χ0n) is 9.38. The van der Waals surface area contributed by atoms with E-state index in [0.717, 1.165) is 24.4 Å². The minimum Gasteiger partial charge on any atom is -0.391 e. The zero-order chi connectivity index (χ0) is 9.97. The maximum atomic E-state index is 6.33. The predicted octanol–water partition coefficient (Wildman–Crippen LogP) is 2.61. The third-order valence-electron chi connectivity index (χ3n) is 3.95. The lowest BCUT2D eigenvalue weighted by Crippen LogP contribution is -2.45.